The molecule has 0 aliphatic heterocycles. The van der Waals surface area contributed by atoms with Gasteiger partial charge in [0.15, 0.2) is 0 Å². The van der Waals surface area contributed by atoms with E-state index in [0.29, 0.717) is 39.4 Å². The fourth-order valence-corrected chi connectivity index (χ4v) is 14.7. The highest BCUT2D eigenvalue weighted by atomic mass is 28.4. The molecular formula is C77H207NO28Si8. The van der Waals surface area contributed by atoms with E-state index in [9.17, 15) is 9.59 Å². The molecule has 0 heterocycles. The largest absolute Gasteiger partial charge is 0.549 e. The minimum Gasteiger partial charge on any atom is -0.463 e. The summed E-state index contributed by atoms with van der Waals surface area (Å²) in [5.41, 5.74) is 5.36. The zero-order valence-electron chi connectivity index (χ0n) is 86.3. The van der Waals surface area contributed by atoms with Crippen LogP contribution >= 0.6 is 0 Å². The molecule has 0 atom stereocenters. The summed E-state index contributed by atoms with van der Waals surface area (Å²) in [6, 6.07) is 4.85. The lowest BCUT2D eigenvalue weighted by Gasteiger charge is -2.24. The number of ether oxygens (including phenoxy) is 4. The maximum absolute atomic E-state index is 11.3. The summed E-state index contributed by atoms with van der Waals surface area (Å²) >= 11 is 0. The van der Waals surface area contributed by atoms with Crippen LogP contribution in [0.25, 0.3) is 0 Å². The van der Waals surface area contributed by atoms with Crippen molar-refractivity contribution in [1.29, 1.82) is 0 Å². The highest BCUT2D eigenvalue weighted by Gasteiger charge is 2.39. The van der Waals surface area contributed by atoms with E-state index in [1.165, 1.54) is 0 Å². The van der Waals surface area contributed by atoms with E-state index in [4.69, 9.17) is 113 Å². The van der Waals surface area contributed by atoms with Crippen LogP contribution in [-0.2, 0) is 126 Å². The van der Waals surface area contributed by atoms with E-state index in [2.05, 4.69) is 16.1 Å². The lowest BCUT2D eigenvalue weighted by molar-refractivity contribution is -0.145. The molecule has 0 radical (unpaired) electrons. The average Bonchev–Trinajstić information content (AvgIpc) is 0.878. The van der Waals surface area contributed by atoms with Gasteiger partial charge in [0, 0.05) is 191 Å². The maximum Gasteiger partial charge on any atom is 0.549 e. The first-order chi connectivity index (χ1) is 55.0. The Labute approximate surface area is 723 Å². The molecule has 0 aromatic heterocycles. The third kappa shape index (κ3) is 158. The van der Waals surface area contributed by atoms with Gasteiger partial charge in [-0.2, -0.15) is 0 Å². The molecule has 0 fully saturated rings. The third-order valence-electron chi connectivity index (χ3n) is 10.9. The third-order valence-corrected chi connectivity index (χ3v) is 27.5. The number of hydrogen-bond donors (Lipinski definition) is 1. The van der Waals surface area contributed by atoms with Crippen LogP contribution in [0.4, 0.5) is 0 Å². The molecule has 114 heavy (non-hydrogen) atoms. The van der Waals surface area contributed by atoms with E-state index in [0.717, 1.165) is 74.4 Å². The van der Waals surface area contributed by atoms with Crippen LogP contribution < -0.4 is 5.73 Å². The van der Waals surface area contributed by atoms with Gasteiger partial charge < -0.3 is 104 Å². The van der Waals surface area contributed by atoms with E-state index >= 15 is 0 Å². The quantitative estimate of drug-likeness (QED) is 0.0258. The van der Waals surface area contributed by atoms with Crippen LogP contribution in [-0.4, -0.2) is 259 Å². The fourth-order valence-electron chi connectivity index (χ4n) is 5.72. The van der Waals surface area contributed by atoms with Gasteiger partial charge in [-0.15, -0.1) is 0 Å². The molecule has 29 nitrogen and oxygen atoms in total. The van der Waals surface area contributed by atoms with Gasteiger partial charge in [-0.1, -0.05) is 269 Å². The molecule has 0 unspecified atom stereocenters. The van der Waals surface area contributed by atoms with E-state index < -0.39 is 77.4 Å². The van der Waals surface area contributed by atoms with E-state index in [-0.39, 0.29) is 5.97 Å². The molecule has 720 valence electrons. The van der Waals surface area contributed by atoms with Crippen molar-refractivity contribution in [1.82, 2.24) is 0 Å². The SMILES string of the molecule is C=CC(=O)OCCOC.CC.CC.CC.CC.CC.CC.CC.CC.CC.CC.CC.CC.CC.CC.CC.CC.CC[Si](OC)(OC)OC.CC[Si](OC)(OC)OC.CC[Si](OC)(OC)OC.CC[Si](OC)(OC)OC.COCCOC(=O)CCCCCC[Si](OC)(OC)OC.CO[Si](CCCN)(OC)OC.O=[Si]=O.O=[Si]=O. The molecule has 0 bridgehead atoms. The second kappa shape index (κ2) is 200. The summed E-state index contributed by atoms with van der Waals surface area (Å²) in [7, 11) is 15.8. The van der Waals surface area contributed by atoms with Gasteiger partial charge in [0.05, 0.1) is 13.2 Å². The van der Waals surface area contributed by atoms with Crippen molar-refractivity contribution in [3.63, 3.8) is 0 Å². The van der Waals surface area contributed by atoms with Crippen LogP contribution in [0, 0.1) is 0 Å². The molecule has 0 aromatic carbocycles. The van der Waals surface area contributed by atoms with E-state index in [1.54, 1.807) is 142 Å². The Bertz CT molecular complexity index is 1250. The minimum absolute atomic E-state index is 0.156. The summed E-state index contributed by atoms with van der Waals surface area (Å²) in [5, 5.41) is 0. The molecule has 0 amide bonds. The molecular weight excluding hydrogens is 1610 g/mol. The monoisotopic (exact) mass is 1820 g/mol. The summed E-state index contributed by atoms with van der Waals surface area (Å²) in [4.78, 5) is 21.6. The standard InChI is InChI=1S/C13H28O6Si.C6H17NO3Si.C6H10O3.4C5H14O3Si.16C2H6.2O2Si/c1-15-10-11-19-13(14)9-7-5-6-8-12-20(16-2,17-3)18-4;1-8-11(9-2,10-3)6-4-5-7;1-3-6(7)9-5-4-8-2;4*1-5-9(6-2,7-3)8-4;16*1-2;2*1-3-2/h5-12H2,1-4H3;4-7H2,1-3H3;3H,1,4-5H2,2H3;4*5H2,1-4H3;16*1-2H3;;. The molecule has 0 rings (SSSR count). The number of carbonyl (C=O) groups is 2. The number of methoxy groups -OCH3 is 2. The van der Waals surface area contributed by atoms with Crippen molar-refractivity contribution >= 4 is 83.4 Å². The Kier molecular flexibility index (Phi) is 321. The summed E-state index contributed by atoms with van der Waals surface area (Å²) in [6.45, 7) is 77.3. The number of hydrogen-bond acceptors (Lipinski definition) is 29. The van der Waals surface area contributed by atoms with Crippen molar-refractivity contribution in [3.05, 3.63) is 12.7 Å². The molecule has 0 aliphatic rings. The number of esters is 2. The predicted molar refractivity (Wildman–Crippen MR) is 501 cm³/mol. The molecule has 0 spiro atoms. The highest BCUT2D eigenvalue weighted by Crippen LogP contribution is 2.19. The Morgan fingerprint density at radius 2 is 0.439 bits per heavy atom. The number of rotatable bonds is 39. The first-order valence-electron chi connectivity index (χ1n) is 41.5. The van der Waals surface area contributed by atoms with Crippen LogP contribution in [0.5, 0.6) is 0 Å². The van der Waals surface area contributed by atoms with Crippen molar-refractivity contribution in [2.24, 2.45) is 5.73 Å². The highest BCUT2D eigenvalue weighted by molar-refractivity contribution is 6.62. The molecule has 0 saturated carbocycles. The predicted octanol–water partition coefficient (Wildman–Crippen LogP) is 21.3. The van der Waals surface area contributed by atoms with Crippen molar-refractivity contribution in [2.75, 3.05) is 175 Å². The molecule has 2 N–H and O–H groups in total. The molecule has 37 heteroatoms. The second-order valence-electron chi connectivity index (χ2n) is 14.7. The van der Waals surface area contributed by atoms with Crippen LogP contribution in [0.1, 0.15) is 288 Å². The first kappa shape index (κ1) is 183. The van der Waals surface area contributed by atoms with Gasteiger partial charge in [-0.3, -0.25) is 22.6 Å². The zero-order valence-corrected chi connectivity index (χ0v) is 94.3. The van der Waals surface area contributed by atoms with Gasteiger partial charge in [-0.25, -0.2) is 4.79 Å². The minimum atomic E-state index is -2.43. The molecule has 0 aliphatic carbocycles. The molecule has 0 saturated heterocycles. The topological polar surface area (TPSA) is 331 Å². The Morgan fingerprint density at radius 1 is 0.272 bits per heavy atom. The van der Waals surface area contributed by atoms with Crippen LogP contribution in [0.2, 0.25) is 36.3 Å². The number of carbonyl (C=O) groups excluding carboxylic acids is 2. The average molecular weight is 1820 g/mol. The van der Waals surface area contributed by atoms with Crippen molar-refractivity contribution in [3.8, 4) is 0 Å². The normalized spacial score (nSPS) is 8.64. The molecule has 0 aromatic rings. The summed E-state index contributed by atoms with van der Waals surface area (Å²) in [5.74, 6) is -0.566. The Morgan fingerprint density at radius 3 is 0.579 bits per heavy atom. The van der Waals surface area contributed by atoms with Gasteiger partial charge in [0.2, 0.25) is 0 Å². The zero-order chi connectivity index (χ0) is 97.9. The Hall–Kier alpha value is -1.22. The van der Waals surface area contributed by atoms with Gasteiger partial charge >= 0.3 is 83.4 Å². The van der Waals surface area contributed by atoms with Gasteiger partial charge in [0.25, 0.3) is 0 Å². The lowest BCUT2D eigenvalue weighted by atomic mass is 10.1. The number of unbranched alkanes of at least 4 members (excludes halogenated alkanes) is 3. The summed E-state index contributed by atoms with van der Waals surface area (Å²) in [6.07, 6.45) is 6.29. The Balaban J connectivity index is -0.0000000332. The van der Waals surface area contributed by atoms with E-state index in [1.807, 2.05) is 249 Å². The van der Waals surface area contributed by atoms with Crippen LogP contribution in [0.3, 0.4) is 0 Å². The van der Waals surface area contributed by atoms with Crippen molar-refractivity contribution in [2.45, 2.75) is 324 Å². The fraction of sp³-hybridized carbons (Fsp3) is 0.948. The first-order valence-corrected chi connectivity index (χ1v) is 54.8. The maximum atomic E-state index is 11.3. The van der Waals surface area contributed by atoms with Crippen molar-refractivity contribution < 1.29 is 126 Å². The smallest absolute Gasteiger partial charge is 0.463 e. The lowest BCUT2D eigenvalue weighted by Crippen LogP contribution is -2.42. The van der Waals surface area contributed by atoms with Crippen LogP contribution in [0.15, 0.2) is 12.7 Å². The number of nitrogens with two attached hydrogens (primary N) is 1. The van der Waals surface area contributed by atoms with Gasteiger partial charge in [-0.05, 0) is 25.8 Å². The summed E-state index contributed by atoms with van der Waals surface area (Å²) < 4.78 is 145. The second-order valence-corrected chi connectivity index (χ2v) is 34.4. The van der Waals surface area contributed by atoms with Gasteiger partial charge in [0.1, 0.15) is 13.2 Å².